The van der Waals surface area contributed by atoms with Gasteiger partial charge in [0.15, 0.2) is 5.03 Å². The first-order chi connectivity index (χ1) is 13.8. The summed E-state index contributed by atoms with van der Waals surface area (Å²) in [7, 11) is -4.08. The molecule has 0 unspecified atom stereocenters. The van der Waals surface area contributed by atoms with Gasteiger partial charge in [-0.15, -0.1) is 0 Å². The van der Waals surface area contributed by atoms with E-state index in [0.717, 1.165) is 12.5 Å². The second-order valence-electron chi connectivity index (χ2n) is 7.65. The highest BCUT2D eigenvalue weighted by molar-refractivity contribution is 7.89. The van der Waals surface area contributed by atoms with Crippen molar-refractivity contribution in [3.8, 4) is 0 Å². The predicted octanol–water partition coefficient (Wildman–Crippen LogP) is 2.17. The van der Waals surface area contributed by atoms with Crippen LogP contribution in [0.2, 0.25) is 0 Å². The molecule has 0 bridgehead atoms. The quantitative estimate of drug-likeness (QED) is 0.704. The van der Waals surface area contributed by atoms with Crippen LogP contribution < -0.4 is 10.5 Å². The van der Waals surface area contributed by atoms with Crippen molar-refractivity contribution in [2.24, 2.45) is 5.14 Å². The number of carbonyl (C=O) groups excluding carboxylic acids is 1. The van der Waals surface area contributed by atoms with Crippen LogP contribution >= 0.6 is 0 Å². The molecule has 1 atom stereocenters. The minimum absolute atomic E-state index is 0.0299. The standard InChI is InChI=1S/C18H23F2N5O4S/c1-11-14(16(26)23-12-5-7-22-13(9-12)30(21,27)28)25(24-15(11)18(3,19)20)10-17(2)6-4-8-29-17/h5,7,9H,4,6,8,10H2,1-3H3,(H2,21,27,28)(H,22,23,26)/t17-/m1/s1. The van der Waals surface area contributed by atoms with Crippen molar-refractivity contribution in [2.75, 3.05) is 11.9 Å². The molecule has 3 heterocycles. The van der Waals surface area contributed by atoms with Crippen LogP contribution in [0.4, 0.5) is 14.5 Å². The van der Waals surface area contributed by atoms with E-state index in [2.05, 4.69) is 15.4 Å². The Morgan fingerprint density at radius 1 is 1.47 bits per heavy atom. The molecule has 0 radical (unpaired) electrons. The molecule has 0 saturated carbocycles. The second kappa shape index (κ2) is 7.67. The third-order valence-corrected chi connectivity index (χ3v) is 5.70. The van der Waals surface area contributed by atoms with E-state index in [-0.39, 0.29) is 23.5 Å². The molecule has 3 rings (SSSR count). The topological polar surface area (TPSA) is 129 Å². The van der Waals surface area contributed by atoms with Gasteiger partial charge in [0.25, 0.3) is 21.9 Å². The van der Waals surface area contributed by atoms with Gasteiger partial charge >= 0.3 is 0 Å². The molecular formula is C18H23F2N5O4S. The Kier molecular flexibility index (Phi) is 5.69. The monoisotopic (exact) mass is 443 g/mol. The largest absolute Gasteiger partial charge is 0.373 e. The number of anilines is 1. The predicted molar refractivity (Wildman–Crippen MR) is 104 cm³/mol. The van der Waals surface area contributed by atoms with Gasteiger partial charge < -0.3 is 10.1 Å². The van der Waals surface area contributed by atoms with Crippen LogP contribution in [0.5, 0.6) is 0 Å². The number of hydrogen-bond acceptors (Lipinski definition) is 6. The summed E-state index contributed by atoms with van der Waals surface area (Å²) in [5.74, 6) is -3.97. The summed E-state index contributed by atoms with van der Waals surface area (Å²) in [4.78, 5) is 16.6. The molecule has 164 valence electrons. The SMILES string of the molecule is Cc1c(C(C)(F)F)nn(C[C@@]2(C)CCCO2)c1C(=O)Nc1ccnc(S(N)(=O)=O)c1. The van der Waals surface area contributed by atoms with Crippen LogP contribution in [0.1, 0.15) is 48.4 Å². The number of nitrogens with one attached hydrogen (secondary N) is 1. The van der Waals surface area contributed by atoms with Crippen molar-refractivity contribution in [1.29, 1.82) is 0 Å². The maximum atomic E-state index is 14.1. The highest BCUT2D eigenvalue weighted by atomic mass is 32.2. The van der Waals surface area contributed by atoms with Crippen LogP contribution in [0.3, 0.4) is 0 Å². The molecule has 1 fully saturated rings. The molecule has 2 aromatic rings. The first-order valence-corrected chi connectivity index (χ1v) is 10.7. The van der Waals surface area contributed by atoms with E-state index < -0.39 is 38.2 Å². The summed E-state index contributed by atoms with van der Waals surface area (Å²) in [6.45, 7) is 4.60. The number of aromatic nitrogens is 3. The fourth-order valence-electron chi connectivity index (χ4n) is 3.48. The van der Waals surface area contributed by atoms with Crippen LogP contribution in [0, 0.1) is 6.92 Å². The summed E-state index contributed by atoms with van der Waals surface area (Å²) in [5, 5.41) is 11.1. The lowest BCUT2D eigenvalue weighted by Gasteiger charge is -2.24. The lowest BCUT2D eigenvalue weighted by Crippen LogP contribution is -2.32. The van der Waals surface area contributed by atoms with Crippen molar-refractivity contribution >= 4 is 21.6 Å². The van der Waals surface area contributed by atoms with E-state index in [1.54, 1.807) is 0 Å². The van der Waals surface area contributed by atoms with Gasteiger partial charge in [0.1, 0.15) is 11.4 Å². The smallest absolute Gasteiger partial charge is 0.289 e. The number of carbonyl (C=O) groups is 1. The molecule has 0 aromatic carbocycles. The van der Waals surface area contributed by atoms with Crippen LogP contribution in [-0.4, -0.2) is 41.3 Å². The van der Waals surface area contributed by atoms with Gasteiger partial charge in [-0.25, -0.2) is 18.5 Å². The van der Waals surface area contributed by atoms with E-state index in [1.807, 2.05) is 6.92 Å². The van der Waals surface area contributed by atoms with Crippen molar-refractivity contribution < 1.29 is 26.7 Å². The third kappa shape index (κ3) is 4.65. The molecule has 0 aliphatic carbocycles. The maximum absolute atomic E-state index is 14.1. The molecule has 1 saturated heterocycles. The minimum Gasteiger partial charge on any atom is -0.373 e. The van der Waals surface area contributed by atoms with Crippen molar-refractivity contribution in [2.45, 2.75) is 56.7 Å². The molecular weight excluding hydrogens is 420 g/mol. The number of alkyl halides is 2. The minimum atomic E-state index is -4.08. The number of pyridine rings is 1. The van der Waals surface area contributed by atoms with Gasteiger partial charge in [0, 0.05) is 37.0 Å². The van der Waals surface area contributed by atoms with E-state index >= 15 is 0 Å². The number of amides is 1. The van der Waals surface area contributed by atoms with Crippen molar-refractivity contribution in [3.63, 3.8) is 0 Å². The molecule has 0 spiro atoms. The zero-order valence-corrected chi connectivity index (χ0v) is 17.6. The Labute approximate surface area is 172 Å². The lowest BCUT2D eigenvalue weighted by molar-refractivity contribution is -0.00166. The molecule has 1 amide bonds. The molecule has 30 heavy (non-hydrogen) atoms. The van der Waals surface area contributed by atoms with Crippen LogP contribution in [-0.2, 0) is 27.2 Å². The Hall–Kier alpha value is -2.44. The number of nitrogens with zero attached hydrogens (tertiary/aromatic N) is 3. The number of nitrogens with two attached hydrogens (primary N) is 1. The first-order valence-electron chi connectivity index (χ1n) is 9.20. The summed E-state index contributed by atoms with van der Waals surface area (Å²) in [6, 6.07) is 2.44. The van der Waals surface area contributed by atoms with Crippen LogP contribution in [0.25, 0.3) is 0 Å². The summed E-state index contributed by atoms with van der Waals surface area (Å²) >= 11 is 0. The molecule has 1 aliphatic heterocycles. The van der Waals surface area contributed by atoms with Crippen LogP contribution in [0.15, 0.2) is 23.4 Å². The highest BCUT2D eigenvalue weighted by Gasteiger charge is 2.37. The number of hydrogen-bond donors (Lipinski definition) is 2. The van der Waals surface area contributed by atoms with Gasteiger partial charge in [-0.05, 0) is 32.8 Å². The van der Waals surface area contributed by atoms with E-state index in [9.17, 15) is 22.0 Å². The highest BCUT2D eigenvalue weighted by Crippen LogP contribution is 2.33. The summed E-state index contributed by atoms with van der Waals surface area (Å²) in [6.07, 6.45) is 2.69. The lowest BCUT2D eigenvalue weighted by atomic mass is 10.0. The summed E-state index contributed by atoms with van der Waals surface area (Å²) in [5.41, 5.74) is -1.07. The molecule has 3 N–H and O–H groups in total. The first kappa shape index (κ1) is 22.2. The van der Waals surface area contributed by atoms with Gasteiger partial charge in [0.05, 0.1) is 12.1 Å². The fourth-order valence-corrected chi connectivity index (χ4v) is 3.98. The Bertz CT molecular complexity index is 1070. The number of ether oxygens (including phenoxy) is 1. The zero-order chi connectivity index (χ0) is 22.3. The number of primary sulfonamides is 1. The average Bonchev–Trinajstić information content (AvgIpc) is 3.17. The third-order valence-electron chi connectivity index (χ3n) is 4.89. The number of sulfonamides is 1. The molecule has 12 heteroatoms. The van der Waals surface area contributed by atoms with E-state index in [4.69, 9.17) is 9.88 Å². The second-order valence-corrected chi connectivity index (χ2v) is 9.16. The van der Waals surface area contributed by atoms with Gasteiger partial charge in [0.2, 0.25) is 0 Å². The van der Waals surface area contributed by atoms with Gasteiger partial charge in [-0.1, -0.05) is 0 Å². The Morgan fingerprint density at radius 3 is 2.73 bits per heavy atom. The maximum Gasteiger partial charge on any atom is 0.289 e. The normalized spacial score (nSPS) is 19.8. The Morgan fingerprint density at radius 2 is 2.17 bits per heavy atom. The summed E-state index contributed by atoms with van der Waals surface area (Å²) < 4.78 is 58.0. The fraction of sp³-hybridized carbons (Fsp3) is 0.500. The van der Waals surface area contributed by atoms with Gasteiger partial charge in [-0.2, -0.15) is 13.9 Å². The van der Waals surface area contributed by atoms with E-state index in [1.165, 1.54) is 23.9 Å². The number of rotatable bonds is 6. The zero-order valence-electron chi connectivity index (χ0n) is 16.8. The Balaban J connectivity index is 1.99. The van der Waals surface area contributed by atoms with Gasteiger partial charge in [-0.3, -0.25) is 9.48 Å². The van der Waals surface area contributed by atoms with Crippen molar-refractivity contribution in [3.05, 3.63) is 35.3 Å². The van der Waals surface area contributed by atoms with Crippen molar-refractivity contribution in [1.82, 2.24) is 14.8 Å². The number of halogens is 2. The average molecular weight is 443 g/mol. The molecule has 9 nitrogen and oxygen atoms in total. The molecule has 2 aromatic heterocycles. The van der Waals surface area contributed by atoms with E-state index in [0.29, 0.717) is 20.0 Å². The molecule has 1 aliphatic rings.